The standard InChI is InChI=1S/C9H14/c1-3-4-5-6-9-7-8(9)2/h4-6,8H,3,7H2,1-2H3. The summed E-state index contributed by atoms with van der Waals surface area (Å²) in [7, 11) is 0. The lowest BCUT2D eigenvalue weighted by atomic mass is 10.3. The minimum atomic E-state index is 0.881. The first-order chi connectivity index (χ1) is 4.34. The number of hydrogen-bond acceptors (Lipinski definition) is 0. The van der Waals surface area contributed by atoms with Crippen LogP contribution in [0.5, 0.6) is 0 Å². The van der Waals surface area contributed by atoms with E-state index in [0.29, 0.717) is 0 Å². The Morgan fingerprint density at radius 2 is 2.33 bits per heavy atom. The van der Waals surface area contributed by atoms with Crippen molar-refractivity contribution in [1.29, 1.82) is 0 Å². The van der Waals surface area contributed by atoms with Crippen LogP contribution in [0.2, 0.25) is 0 Å². The Bertz CT molecular complexity index is 140. The van der Waals surface area contributed by atoms with Crippen molar-refractivity contribution in [2.75, 3.05) is 0 Å². The predicted octanol–water partition coefficient (Wildman–Crippen LogP) is 2.92. The second-order valence-electron chi connectivity index (χ2n) is 2.68. The van der Waals surface area contributed by atoms with E-state index in [1.54, 1.807) is 5.57 Å². The van der Waals surface area contributed by atoms with Crippen molar-refractivity contribution in [2.24, 2.45) is 5.92 Å². The van der Waals surface area contributed by atoms with E-state index in [4.69, 9.17) is 0 Å². The van der Waals surface area contributed by atoms with Gasteiger partial charge in [0.05, 0.1) is 0 Å². The molecule has 0 radical (unpaired) electrons. The molecule has 0 heterocycles. The van der Waals surface area contributed by atoms with Gasteiger partial charge in [0.25, 0.3) is 0 Å². The van der Waals surface area contributed by atoms with Crippen molar-refractivity contribution in [3.05, 3.63) is 23.8 Å². The second kappa shape index (κ2) is 2.86. The molecule has 0 aromatic rings. The molecule has 0 bridgehead atoms. The van der Waals surface area contributed by atoms with Gasteiger partial charge in [0.15, 0.2) is 0 Å². The van der Waals surface area contributed by atoms with E-state index >= 15 is 0 Å². The van der Waals surface area contributed by atoms with Gasteiger partial charge in [-0.1, -0.05) is 37.6 Å². The van der Waals surface area contributed by atoms with Crippen LogP contribution >= 0.6 is 0 Å². The average Bonchev–Trinajstić information content (AvgIpc) is 2.48. The van der Waals surface area contributed by atoms with Gasteiger partial charge in [0.2, 0.25) is 0 Å². The van der Waals surface area contributed by atoms with Gasteiger partial charge in [-0.3, -0.25) is 0 Å². The van der Waals surface area contributed by atoms with Crippen LogP contribution in [0.15, 0.2) is 23.8 Å². The average molecular weight is 122 g/mol. The zero-order chi connectivity index (χ0) is 6.69. The summed E-state index contributed by atoms with van der Waals surface area (Å²) in [6.45, 7) is 4.43. The lowest BCUT2D eigenvalue weighted by Crippen LogP contribution is -1.55. The summed E-state index contributed by atoms with van der Waals surface area (Å²) < 4.78 is 0. The third kappa shape index (κ3) is 2.05. The molecule has 0 aliphatic heterocycles. The molecule has 1 rings (SSSR count). The summed E-state index contributed by atoms with van der Waals surface area (Å²) in [6.07, 6.45) is 9.08. The summed E-state index contributed by atoms with van der Waals surface area (Å²) in [5, 5.41) is 0. The molecule has 50 valence electrons. The van der Waals surface area contributed by atoms with Crippen molar-refractivity contribution < 1.29 is 0 Å². The van der Waals surface area contributed by atoms with Gasteiger partial charge in [-0.2, -0.15) is 0 Å². The Hall–Kier alpha value is -0.520. The normalized spacial score (nSPS) is 30.0. The van der Waals surface area contributed by atoms with Crippen molar-refractivity contribution in [3.63, 3.8) is 0 Å². The van der Waals surface area contributed by atoms with Crippen LogP contribution in [0.3, 0.4) is 0 Å². The van der Waals surface area contributed by atoms with Crippen LogP contribution in [0.25, 0.3) is 0 Å². The molecule has 1 fully saturated rings. The second-order valence-corrected chi connectivity index (χ2v) is 2.68. The zero-order valence-electron chi connectivity index (χ0n) is 6.22. The topological polar surface area (TPSA) is 0 Å². The highest BCUT2D eigenvalue weighted by Crippen LogP contribution is 2.36. The Kier molecular flexibility index (Phi) is 2.10. The minimum Gasteiger partial charge on any atom is -0.0848 e. The largest absolute Gasteiger partial charge is 0.0848 e. The molecular weight excluding hydrogens is 108 g/mol. The first-order valence-electron chi connectivity index (χ1n) is 3.70. The first-order valence-corrected chi connectivity index (χ1v) is 3.70. The van der Waals surface area contributed by atoms with E-state index in [1.165, 1.54) is 6.42 Å². The monoisotopic (exact) mass is 122 g/mol. The summed E-state index contributed by atoms with van der Waals surface area (Å²) >= 11 is 0. The van der Waals surface area contributed by atoms with Crippen LogP contribution in [0, 0.1) is 5.92 Å². The van der Waals surface area contributed by atoms with Crippen molar-refractivity contribution in [2.45, 2.75) is 26.7 Å². The Morgan fingerprint density at radius 3 is 2.78 bits per heavy atom. The Labute approximate surface area is 57.3 Å². The van der Waals surface area contributed by atoms with Gasteiger partial charge in [0, 0.05) is 0 Å². The number of allylic oxidation sites excluding steroid dienone is 4. The van der Waals surface area contributed by atoms with E-state index in [1.807, 2.05) is 0 Å². The van der Waals surface area contributed by atoms with Gasteiger partial charge in [-0.05, 0) is 18.8 Å². The zero-order valence-corrected chi connectivity index (χ0v) is 6.22. The van der Waals surface area contributed by atoms with Gasteiger partial charge >= 0.3 is 0 Å². The van der Waals surface area contributed by atoms with Crippen LogP contribution < -0.4 is 0 Å². The van der Waals surface area contributed by atoms with Crippen LogP contribution in [0.4, 0.5) is 0 Å². The highest BCUT2D eigenvalue weighted by molar-refractivity contribution is 5.26. The van der Waals surface area contributed by atoms with E-state index in [2.05, 4.69) is 32.1 Å². The first kappa shape index (κ1) is 6.60. The molecule has 0 spiro atoms. The maximum atomic E-state index is 2.27. The Balaban J connectivity index is 2.25. The SMILES string of the molecule is CCC=CC=C1CC1C. The summed E-state index contributed by atoms with van der Waals surface area (Å²) in [4.78, 5) is 0. The van der Waals surface area contributed by atoms with Crippen molar-refractivity contribution in [1.82, 2.24) is 0 Å². The smallest absolute Gasteiger partial charge is 0.0191 e. The fourth-order valence-corrected chi connectivity index (χ4v) is 0.855. The number of rotatable bonds is 2. The van der Waals surface area contributed by atoms with Gasteiger partial charge in [-0.25, -0.2) is 0 Å². The summed E-state index contributed by atoms with van der Waals surface area (Å²) in [6, 6.07) is 0. The number of hydrogen-bond donors (Lipinski definition) is 0. The van der Waals surface area contributed by atoms with E-state index < -0.39 is 0 Å². The van der Waals surface area contributed by atoms with Crippen molar-refractivity contribution >= 4 is 0 Å². The molecule has 0 amide bonds. The molecule has 1 saturated carbocycles. The minimum absolute atomic E-state index is 0.881. The molecule has 0 aromatic heterocycles. The van der Waals surface area contributed by atoms with Crippen LogP contribution in [-0.2, 0) is 0 Å². The highest BCUT2D eigenvalue weighted by atomic mass is 14.3. The van der Waals surface area contributed by atoms with Crippen LogP contribution in [-0.4, -0.2) is 0 Å². The lowest BCUT2D eigenvalue weighted by molar-refractivity contribution is 1.02. The fraction of sp³-hybridized carbons (Fsp3) is 0.556. The maximum absolute atomic E-state index is 2.27. The summed E-state index contributed by atoms with van der Waals surface area (Å²) in [5.74, 6) is 0.881. The van der Waals surface area contributed by atoms with Crippen molar-refractivity contribution in [3.8, 4) is 0 Å². The molecule has 9 heavy (non-hydrogen) atoms. The molecule has 1 aliphatic carbocycles. The molecule has 0 nitrogen and oxygen atoms in total. The Morgan fingerprint density at radius 1 is 1.67 bits per heavy atom. The molecule has 1 aliphatic rings. The third-order valence-corrected chi connectivity index (χ3v) is 1.70. The van der Waals surface area contributed by atoms with E-state index in [-0.39, 0.29) is 0 Å². The molecule has 0 saturated heterocycles. The predicted molar refractivity (Wildman–Crippen MR) is 41.3 cm³/mol. The quantitative estimate of drug-likeness (QED) is 0.528. The molecular formula is C9H14. The third-order valence-electron chi connectivity index (χ3n) is 1.70. The maximum Gasteiger partial charge on any atom is -0.0191 e. The molecule has 1 atom stereocenters. The highest BCUT2D eigenvalue weighted by Gasteiger charge is 2.22. The fourth-order valence-electron chi connectivity index (χ4n) is 0.855. The lowest BCUT2D eigenvalue weighted by Gasteiger charge is -1.73. The van der Waals surface area contributed by atoms with Gasteiger partial charge in [-0.15, -0.1) is 0 Å². The van der Waals surface area contributed by atoms with E-state index in [9.17, 15) is 0 Å². The molecule has 0 N–H and O–H groups in total. The summed E-state index contributed by atoms with van der Waals surface area (Å²) in [5.41, 5.74) is 1.61. The van der Waals surface area contributed by atoms with Crippen LogP contribution in [0.1, 0.15) is 26.7 Å². The van der Waals surface area contributed by atoms with Gasteiger partial charge in [0.1, 0.15) is 0 Å². The van der Waals surface area contributed by atoms with E-state index in [0.717, 1.165) is 12.3 Å². The molecule has 0 heteroatoms. The molecule has 0 aromatic carbocycles. The van der Waals surface area contributed by atoms with Gasteiger partial charge < -0.3 is 0 Å². The molecule has 1 unspecified atom stereocenters.